The lowest BCUT2D eigenvalue weighted by atomic mass is 10.1. The van der Waals surface area contributed by atoms with Crippen LogP contribution >= 0.6 is 0 Å². The molecule has 8 nitrogen and oxygen atoms in total. The van der Waals surface area contributed by atoms with E-state index in [1.54, 1.807) is 23.7 Å². The van der Waals surface area contributed by atoms with Gasteiger partial charge in [0.2, 0.25) is 0 Å². The van der Waals surface area contributed by atoms with Crippen molar-refractivity contribution in [3.05, 3.63) is 59.7 Å². The van der Waals surface area contributed by atoms with Crippen molar-refractivity contribution in [2.45, 2.75) is 13.5 Å². The van der Waals surface area contributed by atoms with Crippen LogP contribution in [-0.4, -0.2) is 33.6 Å². The van der Waals surface area contributed by atoms with Crippen LogP contribution in [0.2, 0.25) is 0 Å². The largest absolute Gasteiger partial charge is 0.449 e. The Morgan fingerprint density at radius 3 is 2.60 bits per heavy atom. The Balaban J connectivity index is 1.64. The van der Waals surface area contributed by atoms with Gasteiger partial charge in [-0.05, 0) is 36.8 Å². The highest BCUT2D eigenvalue weighted by molar-refractivity contribution is 5.94. The van der Waals surface area contributed by atoms with Gasteiger partial charge in [-0.15, -0.1) is 5.10 Å². The fourth-order valence-electron chi connectivity index (χ4n) is 2.32. The fraction of sp³-hybridized carbons (Fsp3) is 0.176. The third-order valence-corrected chi connectivity index (χ3v) is 3.52. The summed E-state index contributed by atoms with van der Waals surface area (Å²) in [6, 6.07) is 14.7. The number of hydrogen-bond acceptors (Lipinski definition) is 5. The van der Waals surface area contributed by atoms with E-state index in [0.29, 0.717) is 12.1 Å². The standard InChI is InChI=1S/C17H17N5O3/c1-2-25-17(24)20-19-16(23)13-9-7-12(8-10-13)11-22-15-6-4-3-5-14(15)18-21-22/h3-10H,2,11H2,1H3,(H,19,23)(H,20,24). The molecule has 0 aliphatic carbocycles. The quantitative estimate of drug-likeness (QED) is 0.707. The van der Waals surface area contributed by atoms with Crippen LogP contribution in [0.25, 0.3) is 11.0 Å². The molecule has 0 aliphatic heterocycles. The normalized spacial score (nSPS) is 10.4. The summed E-state index contributed by atoms with van der Waals surface area (Å²) in [4.78, 5) is 23.1. The molecule has 0 unspecified atom stereocenters. The Bertz CT molecular complexity index is 889. The van der Waals surface area contributed by atoms with Gasteiger partial charge in [-0.25, -0.2) is 14.9 Å². The molecule has 8 heteroatoms. The molecule has 1 aromatic heterocycles. The first-order valence-electron chi connectivity index (χ1n) is 7.77. The summed E-state index contributed by atoms with van der Waals surface area (Å²) < 4.78 is 6.46. The number of carbonyl (C=O) groups is 2. The molecule has 2 N–H and O–H groups in total. The molecule has 3 aromatic rings. The highest BCUT2D eigenvalue weighted by Crippen LogP contribution is 2.12. The first kappa shape index (κ1) is 16.4. The minimum atomic E-state index is -0.703. The van der Waals surface area contributed by atoms with E-state index in [4.69, 9.17) is 0 Å². The van der Waals surface area contributed by atoms with Crippen molar-refractivity contribution in [1.82, 2.24) is 25.8 Å². The third-order valence-electron chi connectivity index (χ3n) is 3.52. The monoisotopic (exact) mass is 339 g/mol. The van der Waals surface area contributed by atoms with Crippen LogP contribution in [0.15, 0.2) is 48.5 Å². The van der Waals surface area contributed by atoms with Crippen LogP contribution < -0.4 is 10.9 Å². The molecule has 25 heavy (non-hydrogen) atoms. The maximum atomic E-state index is 11.9. The summed E-state index contributed by atoms with van der Waals surface area (Å²) in [6.45, 7) is 2.45. The van der Waals surface area contributed by atoms with Crippen molar-refractivity contribution in [3.8, 4) is 0 Å². The van der Waals surface area contributed by atoms with Crippen LogP contribution in [-0.2, 0) is 11.3 Å². The van der Waals surface area contributed by atoms with Gasteiger partial charge in [0, 0.05) is 5.56 Å². The van der Waals surface area contributed by atoms with Gasteiger partial charge in [-0.3, -0.25) is 10.2 Å². The van der Waals surface area contributed by atoms with Crippen LogP contribution in [0.3, 0.4) is 0 Å². The van der Waals surface area contributed by atoms with Crippen LogP contribution in [0.1, 0.15) is 22.8 Å². The predicted molar refractivity (Wildman–Crippen MR) is 90.7 cm³/mol. The molecule has 0 saturated heterocycles. The summed E-state index contributed by atoms with van der Waals surface area (Å²) in [5.74, 6) is -0.425. The SMILES string of the molecule is CCOC(=O)NNC(=O)c1ccc(Cn2nnc3ccccc32)cc1. The Labute approximate surface area is 143 Å². The number of hydrogen-bond donors (Lipinski definition) is 2. The predicted octanol–water partition coefficient (Wildman–Crippen LogP) is 1.87. The molecule has 0 aliphatic rings. The van der Waals surface area contributed by atoms with Gasteiger partial charge in [0.25, 0.3) is 5.91 Å². The summed E-state index contributed by atoms with van der Waals surface area (Å²) in [5.41, 5.74) is 7.63. The van der Waals surface area contributed by atoms with Crippen molar-refractivity contribution in [3.63, 3.8) is 0 Å². The number of rotatable bonds is 4. The molecule has 128 valence electrons. The maximum absolute atomic E-state index is 11.9. The van der Waals surface area contributed by atoms with E-state index in [1.807, 2.05) is 36.4 Å². The Morgan fingerprint density at radius 1 is 1.08 bits per heavy atom. The molecule has 0 bridgehead atoms. The van der Waals surface area contributed by atoms with Gasteiger partial charge in [-0.1, -0.05) is 29.5 Å². The van der Waals surface area contributed by atoms with Crippen LogP contribution in [0.4, 0.5) is 4.79 Å². The van der Waals surface area contributed by atoms with Crippen molar-refractivity contribution in [2.24, 2.45) is 0 Å². The van der Waals surface area contributed by atoms with Gasteiger partial charge >= 0.3 is 6.09 Å². The first-order chi connectivity index (χ1) is 12.2. The average molecular weight is 339 g/mol. The number of hydrazine groups is 1. The van der Waals surface area contributed by atoms with E-state index in [1.165, 1.54) is 0 Å². The molecule has 0 spiro atoms. The molecule has 0 radical (unpaired) electrons. The zero-order valence-electron chi connectivity index (χ0n) is 13.6. The van der Waals surface area contributed by atoms with E-state index in [-0.39, 0.29) is 6.61 Å². The number of ether oxygens (including phenoxy) is 1. The van der Waals surface area contributed by atoms with E-state index < -0.39 is 12.0 Å². The summed E-state index contributed by atoms with van der Waals surface area (Å²) in [7, 11) is 0. The van der Waals surface area contributed by atoms with Crippen LogP contribution in [0, 0.1) is 0 Å². The topological polar surface area (TPSA) is 98.1 Å². The van der Waals surface area contributed by atoms with Crippen molar-refractivity contribution in [1.29, 1.82) is 0 Å². The molecule has 0 atom stereocenters. The number of amides is 2. The summed E-state index contributed by atoms with van der Waals surface area (Å²) in [5, 5.41) is 8.25. The fourth-order valence-corrected chi connectivity index (χ4v) is 2.32. The lowest BCUT2D eigenvalue weighted by Crippen LogP contribution is -2.41. The second-order valence-electron chi connectivity index (χ2n) is 5.23. The second kappa shape index (κ2) is 7.43. The lowest BCUT2D eigenvalue weighted by Gasteiger charge is -2.08. The van der Waals surface area contributed by atoms with Gasteiger partial charge in [-0.2, -0.15) is 0 Å². The van der Waals surface area contributed by atoms with E-state index in [0.717, 1.165) is 16.6 Å². The van der Waals surface area contributed by atoms with Gasteiger partial charge in [0.05, 0.1) is 18.7 Å². The van der Waals surface area contributed by atoms with Crippen molar-refractivity contribution >= 4 is 23.0 Å². The smallest absolute Gasteiger partial charge is 0.426 e. The molecule has 0 fully saturated rings. The number of aromatic nitrogens is 3. The Morgan fingerprint density at radius 2 is 1.84 bits per heavy atom. The number of nitrogens with one attached hydrogen (secondary N) is 2. The van der Waals surface area contributed by atoms with Gasteiger partial charge < -0.3 is 4.74 Å². The molecule has 1 heterocycles. The summed E-state index contributed by atoms with van der Waals surface area (Å²) in [6.07, 6.45) is -0.703. The first-order valence-corrected chi connectivity index (χ1v) is 7.77. The number of fused-ring (bicyclic) bond motifs is 1. The zero-order chi connectivity index (χ0) is 17.6. The Hall–Kier alpha value is -3.42. The van der Waals surface area contributed by atoms with Crippen molar-refractivity contribution in [2.75, 3.05) is 6.61 Å². The molecule has 2 amide bonds. The van der Waals surface area contributed by atoms with Gasteiger partial charge in [0.15, 0.2) is 0 Å². The highest BCUT2D eigenvalue weighted by atomic mass is 16.5. The number of carbonyl (C=O) groups excluding carboxylic acids is 2. The summed E-state index contributed by atoms with van der Waals surface area (Å²) >= 11 is 0. The van der Waals surface area contributed by atoms with E-state index in [2.05, 4.69) is 25.9 Å². The van der Waals surface area contributed by atoms with E-state index >= 15 is 0 Å². The minimum Gasteiger partial charge on any atom is -0.449 e. The lowest BCUT2D eigenvalue weighted by molar-refractivity contribution is 0.0912. The van der Waals surface area contributed by atoms with Crippen molar-refractivity contribution < 1.29 is 14.3 Å². The number of benzene rings is 2. The number of para-hydroxylation sites is 1. The van der Waals surface area contributed by atoms with Gasteiger partial charge in [0.1, 0.15) is 5.52 Å². The average Bonchev–Trinajstić information content (AvgIpc) is 3.04. The molecule has 2 aromatic carbocycles. The molecule has 3 rings (SSSR count). The number of nitrogens with zero attached hydrogens (tertiary/aromatic N) is 3. The molecule has 0 saturated carbocycles. The second-order valence-corrected chi connectivity index (χ2v) is 5.23. The maximum Gasteiger partial charge on any atom is 0.426 e. The molecular formula is C17H17N5O3. The van der Waals surface area contributed by atoms with Crippen LogP contribution in [0.5, 0.6) is 0 Å². The Kier molecular flexibility index (Phi) is 4.89. The minimum absolute atomic E-state index is 0.230. The molecular weight excluding hydrogens is 322 g/mol. The zero-order valence-corrected chi connectivity index (χ0v) is 13.6. The third kappa shape index (κ3) is 3.92. The van der Waals surface area contributed by atoms with E-state index in [9.17, 15) is 9.59 Å². The highest BCUT2D eigenvalue weighted by Gasteiger charge is 2.08.